The summed E-state index contributed by atoms with van der Waals surface area (Å²) in [4.78, 5) is 11.5. The van der Waals surface area contributed by atoms with E-state index in [0.717, 1.165) is 19.4 Å². The van der Waals surface area contributed by atoms with Crippen molar-refractivity contribution in [3.63, 3.8) is 0 Å². The van der Waals surface area contributed by atoms with Gasteiger partial charge in [-0.15, -0.1) is 5.10 Å². The van der Waals surface area contributed by atoms with Crippen molar-refractivity contribution in [2.75, 3.05) is 12.4 Å². The second-order valence-corrected chi connectivity index (χ2v) is 4.45. The molecule has 1 unspecified atom stereocenters. The second kappa shape index (κ2) is 5.18. The highest BCUT2D eigenvalue weighted by Gasteiger charge is 2.19. The van der Waals surface area contributed by atoms with Gasteiger partial charge in [0.1, 0.15) is 0 Å². The molecule has 6 nitrogen and oxygen atoms in total. The van der Waals surface area contributed by atoms with Crippen molar-refractivity contribution in [2.24, 2.45) is 0 Å². The third-order valence-electron chi connectivity index (χ3n) is 2.40. The summed E-state index contributed by atoms with van der Waals surface area (Å²) >= 11 is 1.26. The van der Waals surface area contributed by atoms with Gasteiger partial charge in [0.05, 0.1) is 24.5 Å². The van der Waals surface area contributed by atoms with Crippen molar-refractivity contribution in [1.82, 2.24) is 14.8 Å². The number of aromatic amines is 1. The third kappa shape index (κ3) is 2.46. The fraction of sp³-hybridized carbons (Fsp3) is 0.667. The minimum absolute atomic E-state index is 0.0942. The molecule has 0 spiro atoms. The zero-order chi connectivity index (χ0) is 11.4. The maximum absolute atomic E-state index is 11.5. The first-order valence-electron chi connectivity index (χ1n) is 5.08. The van der Waals surface area contributed by atoms with E-state index in [1.807, 2.05) is 6.07 Å². The molecule has 1 saturated heterocycles. The number of nitriles is 1. The quantitative estimate of drug-likeness (QED) is 0.768. The van der Waals surface area contributed by atoms with E-state index in [4.69, 9.17) is 10.00 Å². The summed E-state index contributed by atoms with van der Waals surface area (Å²) in [6.07, 6.45) is 2.11. The van der Waals surface area contributed by atoms with Crippen molar-refractivity contribution in [3.05, 3.63) is 10.5 Å². The summed E-state index contributed by atoms with van der Waals surface area (Å²) in [5.41, 5.74) is -0.240. The number of nitrogens with zero attached hydrogens (tertiary/aromatic N) is 3. The summed E-state index contributed by atoms with van der Waals surface area (Å²) < 4.78 is 7.00. The normalized spacial score (nSPS) is 19.8. The van der Waals surface area contributed by atoms with Crippen molar-refractivity contribution >= 4 is 11.8 Å². The van der Waals surface area contributed by atoms with Crippen LogP contribution in [0.25, 0.3) is 0 Å². The fourth-order valence-electron chi connectivity index (χ4n) is 1.66. The Morgan fingerprint density at radius 2 is 2.62 bits per heavy atom. The Morgan fingerprint density at radius 1 is 1.75 bits per heavy atom. The molecule has 0 aromatic carbocycles. The highest BCUT2D eigenvalue weighted by atomic mass is 32.2. The van der Waals surface area contributed by atoms with E-state index >= 15 is 0 Å². The molecule has 2 rings (SSSR count). The predicted molar refractivity (Wildman–Crippen MR) is 58.2 cm³/mol. The number of aromatic nitrogens is 3. The van der Waals surface area contributed by atoms with Crippen LogP contribution in [0.1, 0.15) is 12.8 Å². The van der Waals surface area contributed by atoms with Gasteiger partial charge in [-0.1, -0.05) is 11.8 Å². The summed E-state index contributed by atoms with van der Waals surface area (Å²) in [5, 5.41) is 15.3. The molecule has 2 heterocycles. The molecule has 16 heavy (non-hydrogen) atoms. The molecule has 1 atom stereocenters. The maximum atomic E-state index is 11.5. The first-order chi connectivity index (χ1) is 7.81. The van der Waals surface area contributed by atoms with Gasteiger partial charge in [0.15, 0.2) is 5.16 Å². The van der Waals surface area contributed by atoms with Crippen LogP contribution in [0.4, 0.5) is 0 Å². The van der Waals surface area contributed by atoms with Crippen LogP contribution in [-0.2, 0) is 11.3 Å². The molecular weight excluding hydrogens is 228 g/mol. The molecular formula is C9H12N4O2S. The van der Waals surface area contributed by atoms with Gasteiger partial charge in [0.25, 0.3) is 0 Å². The monoisotopic (exact) mass is 240 g/mol. The Labute approximate surface area is 96.6 Å². The van der Waals surface area contributed by atoms with E-state index in [0.29, 0.717) is 11.7 Å². The summed E-state index contributed by atoms with van der Waals surface area (Å²) in [6.45, 7) is 1.28. The predicted octanol–water partition coefficient (Wildman–Crippen LogP) is 0.366. The van der Waals surface area contributed by atoms with Crippen LogP contribution < -0.4 is 5.69 Å². The number of rotatable bonds is 4. The molecule has 0 aliphatic carbocycles. The van der Waals surface area contributed by atoms with E-state index in [9.17, 15) is 4.79 Å². The smallest absolute Gasteiger partial charge is 0.344 e. The third-order valence-corrected chi connectivity index (χ3v) is 3.24. The topological polar surface area (TPSA) is 83.7 Å². The van der Waals surface area contributed by atoms with E-state index in [1.54, 1.807) is 0 Å². The number of H-pyrrole nitrogens is 1. The number of nitrogens with one attached hydrogen (secondary N) is 1. The molecule has 0 saturated carbocycles. The second-order valence-electron chi connectivity index (χ2n) is 3.50. The molecule has 86 valence electrons. The first-order valence-corrected chi connectivity index (χ1v) is 6.06. The molecule has 1 aliphatic heterocycles. The molecule has 1 aromatic heterocycles. The Bertz CT molecular complexity index is 441. The van der Waals surface area contributed by atoms with Crippen LogP contribution in [-0.4, -0.2) is 33.2 Å². The van der Waals surface area contributed by atoms with Gasteiger partial charge in [0.2, 0.25) is 0 Å². The molecule has 0 radical (unpaired) electrons. The zero-order valence-corrected chi connectivity index (χ0v) is 9.50. The molecule has 1 N–H and O–H groups in total. The number of ether oxygens (including phenoxy) is 1. The van der Waals surface area contributed by atoms with Crippen LogP contribution in [0, 0.1) is 11.3 Å². The maximum Gasteiger partial charge on any atom is 0.344 e. The van der Waals surface area contributed by atoms with E-state index in [2.05, 4.69) is 10.2 Å². The number of hydrogen-bond acceptors (Lipinski definition) is 5. The number of thioether (sulfide) groups is 1. The lowest BCUT2D eigenvalue weighted by Crippen LogP contribution is -2.24. The van der Waals surface area contributed by atoms with Gasteiger partial charge in [0, 0.05) is 6.61 Å². The van der Waals surface area contributed by atoms with Gasteiger partial charge < -0.3 is 4.74 Å². The van der Waals surface area contributed by atoms with Gasteiger partial charge in [-0.3, -0.25) is 4.57 Å². The van der Waals surface area contributed by atoms with Gasteiger partial charge in [-0.05, 0) is 12.8 Å². The lowest BCUT2D eigenvalue weighted by molar-refractivity contribution is 0.0941. The highest BCUT2D eigenvalue weighted by Crippen LogP contribution is 2.17. The fourth-order valence-corrected chi connectivity index (χ4v) is 2.28. The average molecular weight is 240 g/mol. The molecule has 7 heteroatoms. The van der Waals surface area contributed by atoms with Gasteiger partial charge in [-0.2, -0.15) is 5.26 Å². The Hall–Kier alpha value is -1.26. The zero-order valence-electron chi connectivity index (χ0n) is 8.68. The lowest BCUT2D eigenvalue weighted by atomic mass is 10.2. The van der Waals surface area contributed by atoms with Crippen LogP contribution in [0.15, 0.2) is 9.95 Å². The van der Waals surface area contributed by atoms with E-state index < -0.39 is 0 Å². The highest BCUT2D eigenvalue weighted by molar-refractivity contribution is 7.99. The molecule has 1 aliphatic rings. The molecule has 1 fully saturated rings. The number of hydrogen-bond donors (Lipinski definition) is 1. The summed E-state index contributed by atoms with van der Waals surface area (Å²) in [7, 11) is 0. The van der Waals surface area contributed by atoms with Crippen molar-refractivity contribution in [1.29, 1.82) is 5.26 Å². The van der Waals surface area contributed by atoms with E-state index in [1.165, 1.54) is 16.3 Å². The molecule has 1 aromatic rings. The molecule has 0 bridgehead atoms. The Kier molecular flexibility index (Phi) is 3.64. The van der Waals surface area contributed by atoms with Crippen LogP contribution in [0.2, 0.25) is 0 Å². The SMILES string of the molecule is N#CCSc1n[nH]c(=O)n1CC1CCCO1. The largest absolute Gasteiger partial charge is 0.376 e. The Morgan fingerprint density at radius 3 is 3.31 bits per heavy atom. The van der Waals surface area contributed by atoms with Crippen LogP contribution >= 0.6 is 11.8 Å². The average Bonchev–Trinajstić information content (AvgIpc) is 2.89. The van der Waals surface area contributed by atoms with Gasteiger partial charge >= 0.3 is 5.69 Å². The summed E-state index contributed by atoms with van der Waals surface area (Å²) in [5.74, 6) is 0.288. The minimum Gasteiger partial charge on any atom is -0.376 e. The lowest BCUT2D eigenvalue weighted by Gasteiger charge is -2.10. The van der Waals surface area contributed by atoms with Crippen LogP contribution in [0.3, 0.4) is 0 Å². The van der Waals surface area contributed by atoms with E-state index in [-0.39, 0.29) is 17.5 Å². The minimum atomic E-state index is -0.240. The standard InChI is InChI=1S/C9H12N4O2S/c10-3-5-16-9-12-11-8(14)13(9)6-7-2-1-4-15-7/h7H,1-2,4-6H2,(H,11,14). The Balaban J connectivity index is 2.08. The van der Waals surface area contributed by atoms with Crippen molar-refractivity contribution in [2.45, 2.75) is 30.6 Å². The van der Waals surface area contributed by atoms with Crippen LogP contribution in [0.5, 0.6) is 0 Å². The first kappa shape index (κ1) is 11.2. The van der Waals surface area contributed by atoms with Crippen molar-refractivity contribution < 1.29 is 4.74 Å². The van der Waals surface area contributed by atoms with Crippen molar-refractivity contribution in [3.8, 4) is 6.07 Å². The summed E-state index contributed by atoms with van der Waals surface area (Å²) in [6, 6.07) is 2.01. The van der Waals surface area contributed by atoms with Gasteiger partial charge in [-0.25, -0.2) is 9.89 Å². The molecule has 0 amide bonds.